The Morgan fingerprint density at radius 2 is 2.03 bits per heavy atom. The van der Waals surface area contributed by atoms with Crippen LogP contribution in [0.4, 0.5) is 0 Å². The molecule has 1 spiro atoms. The first kappa shape index (κ1) is 18.5. The van der Waals surface area contributed by atoms with Crippen molar-refractivity contribution in [3.05, 3.63) is 45.9 Å². The number of fused-ring (bicyclic) bond motifs is 4. The molecular weight excluding hydrogens is 392 g/mol. The number of hydrogen-bond acceptors (Lipinski definition) is 8. The van der Waals surface area contributed by atoms with E-state index in [9.17, 15) is 14.7 Å². The molecule has 1 aromatic heterocycles. The highest BCUT2D eigenvalue weighted by atomic mass is 16.7. The van der Waals surface area contributed by atoms with Gasteiger partial charge < -0.3 is 28.5 Å². The molecule has 0 radical (unpaired) electrons. The van der Waals surface area contributed by atoms with Crippen molar-refractivity contribution in [2.24, 2.45) is 5.92 Å². The minimum absolute atomic E-state index is 0.126. The van der Waals surface area contributed by atoms with Crippen LogP contribution in [-0.4, -0.2) is 61.8 Å². The largest absolute Gasteiger partial charge is 0.460 e. The number of aliphatic hydroxyl groups is 1. The van der Waals surface area contributed by atoms with Gasteiger partial charge in [0.15, 0.2) is 11.5 Å². The van der Waals surface area contributed by atoms with Crippen LogP contribution in [-0.2, 0) is 24.4 Å². The van der Waals surface area contributed by atoms with Crippen molar-refractivity contribution in [1.82, 2.24) is 0 Å². The van der Waals surface area contributed by atoms with E-state index in [1.54, 1.807) is 6.08 Å². The third-order valence-electron chi connectivity index (χ3n) is 7.35. The van der Waals surface area contributed by atoms with E-state index in [-0.39, 0.29) is 29.6 Å². The Kier molecular flexibility index (Phi) is 3.65. The average molecular weight is 414 g/mol. The lowest BCUT2D eigenvalue weighted by Crippen LogP contribution is -2.54. The van der Waals surface area contributed by atoms with Crippen LogP contribution < -0.4 is 0 Å². The lowest BCUT2D eigenvalue weighted by molar-refractivity contribution is -0.121. The number of allylic oxidation sites excluding steroid dienone is 1. The number of cyclic esters (lactones) is 1. The Bertz CT molecular complexity index is 1040. The summed E-state index contributed by atoms with van der Waals surface area (Å²) < 4.78 is 28.5. The number of ether oxygens (including phenoxy) is 4. The fraction of sp³-hybridized carbons (Fsp3) is 0.545. The van der Waals surface area contributed by atoms with Crippen LogP contribution in [0.25, 0.3) is 0 Å². The third kappa shape index (κ3) is 2.00. The van der Waals surface area contributed by atoms with Crippen LogP contribution in [0.15, 0.2) is 33.5 Å². The first-order valence-corrected chi connectivity index (χ1v) is 10.2. The van der Waals surface area contributed by atoms with Gasteiger partial charge in [0.25, 0.3) is 0 Å². The molecule has 5 aliphatic rings. The van der Waals surface area contributed by atoms with Crippen LogP contribution in [0.3, 0.4) is 0 Å². The topological polar surface area (TPSA) is 104 Å². The van der Waals surface area contributed by atoms with Crippen molar-refractivity contribution in [3.63, 3.8) is 0 Å². The number of carbonyl (C=O) groups excluding carboxylic acids is 2. The standard InChI is InChI=1S/C22H22O8/c1-21-14(9-26-2)30-20(25)11-8-27-19(16(11)21)18(24)15-10-3-4-22(28-5-6-29-22)12(10)7-13(23)17(15)21/h7-8,10,13-14,23H,3-6,9H2,1-2H3/t10-,13?,14?,21?/m1/s1. The highest BCUT2D eigenvalue weighted by molar-refractivity contribution is 6.14. The SMILES string of the molecule is COCC1OC(=O)c2coc3c2C1(C)C1=C(C3=O)[C@@H]2CCC3(OCCO3)C2=CC1O. The fourth-order valence-corrected chi connectivity index (χ4v) is 6.12. The second-order valence-corrected chi connectivity index (χ2v) is 8.67. The monoisotopic (exact) mass is 414 g/mol. The quantitative estimate of drug-likeness (QED) is 0.576. The Hall–Kier alpha value is -2.26. The van der Waals surface area contributed by atoms with Crippen LogP contribution >= 0.6 is 0 Å². The van der Waals surface area contributed by atoms with E-state index < -0.39 is 29.4 Å². The van der Waals surface area contributed by atoms with Gasteiger partial charge in [-0.15, -0.1) is 0 Å². The summed E-state index contributed by atoms with van der Waals surface area (Å²) in [6.07, 6.45) is 2.57. The van der Waals surface area contributed by atoms with Gasteiger partial charge in [0.1, 0.15) is 17.9 Å². The zero-order valence-electron chi connectivity index (χ0n) is 16.7. The van der Waals surface area contributed by atoms with Gasteiger partial charge in [0, 0.05) is 30.6 Å². The Balaban J connectivity index is 1.58. The zero-order valence-corrected chi connectivity index (χ0v) is 16.7. The van der Waals surface area contributed by atoms with Gasteiger partial charge in [-0.25, -0.2) is 4.79 Å². The Morgan fingerprint density at radius 1 is 1.27 bits per heavy atom. The van der Waals surface area contributed by atoms with Gasteiger partial charge in [0.2, 0.25) is 5.78 Å². The van der Waals surface area contributed by atoms with Gasteiger partial charge in [-0.1, -0.05) is 0 Å². The molecule has 8 heteroatoms. The van der Waals surface area contributed by atoms with E-state index in [0.29, 0.717) is 42.8 Å². The van der Waals surface area contributed by atoms with Crippen molar-refractivity contribution in [2.75, 3.05) is 26.9 Å². The summed E-state index contributed by atoms with van der Waals surface area (Å²) >= 11 is 0. The van der Waals surface area contributed by atoms with Gasteiger partial charge >= 0.3 is 5.97 Å². The highest BCUT2D eigenvalue weighted by Crippen LogP contribution is 2.58. The molecule has 8 nitrogen and oxygen atoms in total. The lowest BCUT2D eigenvalue weighted by atomic mass is 9.59. The Morgan fingerprint density at radius 3 is 2.77 bits per heavy atom. The maximum atomic E-state index is 13.6. The second-order valence-electron chi connectivity index (χ2n) is 8.67. The average Bonchev–Trinajstić information content (AvgIpc) is 3.45. The van der Waals surface area contributed by atoms with Crippen LogP contribution in [0.5, 0.6) is 0 Å². The molecule has 3 aliphatic carbocycles. The van der Waals surface area contributed by atoms with Crippen LogP contribution in [0.1, 0.15) is 46.2 Å². The number of methoxy groups -OCH3 is 1. The van der Waals surface area contributed by atoms with Crippen molar-refractivity contribution in [3.8, 4) is 0 Å². The summed E-state index contributed by atoms with van der Waals surface area (Å²) in [6, 6.07) is 0. The van der Waals surface area contributed by atoms with Gasteiger partial charge in [-0.05, 0) is 30.6 Å². The van der Waals surface area contributed by atoms with Gasteiger partial charge in [-0.3, -0.25) is 4.79 Å². The van der Waals surface area contributed by atoms with Crippen LogP contribution in [0, 0.1) is 5.92 Å². The van der Waals surface area contributed by atoms with Gasteiger partial charge in [0.05, 0.1) is 31.3 Å². The molecule has 2 fully saturated rings. The third-order valence-corrected chi connectivity index (χ3v) is 7.35. The molecule has 1 N–H and O–H groups in total. The van der Waals surface area contributed by atoms with E-state index in [4.69, 9.17) is 23.4 Å². The van der Waals surface area contributed by atoms with Crippen molar-refractivity contribution in [1.29, 1.82) is 0 Å². The first-order valence-electron chi connectivity index (χ1n) is 10.2. The number of hydrogen-bond donors (Lipinski definition) is 1. The fourth-order valence-electron chi connectivity index (χ4n) is 6.12. The van der Waals surface area contributed by atoms with E-state index in [1.807, 2.05) is 6.92 Å². The second kappa shape index (κ2) is 5.91. The predicted molar refractivity (Wildman–Crippen MR) is 99.9 cm³/mol. The molecule has 1 saturated carbocycles. The maximum Gasteiger partial charge on any atom is 0.342 e. The summed E-state index contributed by atoms with van der Waals surface area (Å²) in [5, 5.41) is 11.3. The number of Topliss-reactive ketones (excluding diaryl/α,β-unsaturated/α-hetero) is 1. The number of furan rings is 1. The van der Waals surface area contributed by atoms with Crippen LogP contribution in [0.2, 0.25) is 0 Å². The molecular formula is C22H22O8. The molecule has 2 aliphatic heterocycles. The molecule has 1 aromatic rings. The van der Waals surface area contributed by atoms with Crippen molar-refractivity contribution < 1.29 is 38.1 Å². The molecule has 0 aromatic carbocycles. The number of ketones is 1. The smallest absolute Gasteiger partial charge is 0.342 e. The summed E-state index contributed by atoms with van der Waals surface area (Å²) in [6.45, 7) is 2.98. The molecule has 6 rings (SSSR count). The minimum atomic E-state index is -1.05. The molecule has 3 heterocycles. The number of esters is 1. The van der Waals surface area contributed by atoms with E-state index in [2.05, 4.69) is 0 Å². The molecule has 3 unspecified atom stereocenters. The number of aliphatic hydroxyl groups excluding tert-OH is 1. The summed E-state index contributed by atoms with van der Waals surface area (Å²) in [7, 11) is 1.52. The van der Waals surface area contributed by atoms with E-state index in [0.717, 1.165) is 5.57 Å². The highest BCUT2D eigenvalue weighted by Gasteiger charge is 2.61. The molecule has 30 heavy (non-hydrogen) atoms. The zero-order chi connectivity index (χ0) is 20.8. The number of rotatable bonds is 2. The lowest BCUT2D eigenvalue weighted by Gasteiger charge is -2.48. The normalized spacial score (nSPS) is 35.8. The molecule has 4 atom stereocenters. The van der Waals surface area contributed by atoms with Crippen molar-refractivity contribution in [2.45, 2.75) is 43.2 Å². The first-order chi connectivity index (χ1) is 14.4. The molecule has 158 valence electrons. The molecule has 1 saturated heterocycles. The Labute approximate surface area is 172 Å². The van der Waals surface area contributed by atoms with E-state index >= 15 is 0 Å². The maximum absolute atomic E-state index is 13.6. The summed E-state index contributed by atoms with van der Waals surface area (Å²) in [4.78, 5) is 26.1. The van der Waals surface area contributed by atoms with Gasteiger partial charge in [-0.2, -0.15) is 0 Å². The molecule has 0 amide bonds. The number of carbonyl (C=O) groups is 2. The van der Waals surface area contributed by atoms with E-state index in [1.165, 1.54) is 13.4 Å². The summed E-state index contributed by atoms with van der Waals surface area (Å²) in [5.74, 6) is -1.81. The summed E-state index contributed by atoms with van der Waals surface area (Å²) in [5.41, 5.74) is 1.63. The van der Waals surface area contributed by atoms with Crippen molar-refractivity contribution >= 4 is 11.8 Å². The predicted octanol–water partition coefficient (Wildman–Crippen LogP) is 1.67. The molecule has 0 bridgehead atoms. The minimum Gasteiger partial charge on any atom is -0.460 e.